The Bertz CT molecular complexity index is 883. The van der Waals surface area contributed by atoms with Gasteiger partial charge in [0.05, 0.1) is 12.1 Å². The molecular formula is C21H24N2O5. The Morgan fingerprint density at radius 2 is 1.96 bits per heavy atom. The van der Waals surface area contributed by atoms with Crippen molar-refractivity contribution in [1.29, 1.82) is 0 Å². The van der Waals surface area contributed by atoms with Crippen LogP contribution in [0.5, 0.6) is 5.75 Å². The fraction of sp³-hybridized carbons (Fsp3) is 0.333. The molecule has 0 bridgehead atoms. The molecule has 28 heavy (non-hydrogen) atoms. The number of carboxylic acid groups (broad SMARTS) is 1. The van der Waals surface area contributed by atoms with Crippen molar-refractivity contribution in [3.05, 3.63) is 59.2 Å². The molecule has 1 amide bonds. The van der Waals surface area contributed by atoms with Crippen molar-refractivity contribution in [2.24, 2.45) is 0 Å². The predicted octanol–water partition coefficient (Wildman–Crippen LogP) is 2.06. The molecule has 0 spiro atoms. The molecule has 1 heterocycles. The van der Waals surface area contributed by atoms with Gasteiger partial charge in [-0.1, -0.05) is 18.2 Å². The van der Waals surface area contributed by atoms with Crippen molar-refractivity contribution < 1.29 is 24.5 Å². The Labute approximate surface area is 163 Å². The average molecular weight is 384 g/mol. The zero-order chi connectivity index (χ0) is 20.3. The number of carbonyl (C=O) groups excluding carboxylic acids is 1. The third kappa shape index (κ3) is 4.88. The maximum atomic E-state index is 12.4. The number of anilines is 1. The van der Waals surface area contributed by atoms with Crippen LogP contribution in [0, 0.1) is 13.8 Å². The Kier molecular flexibility index (Phi) is 5.96. The van der Waals surface area contributed by atoms with Crippen molar-refractivity contribution in [2.75, 3.05) is 25.0 Å². The fourth-order valence-electron chi connectivity index (χ4n) is 3.22. The smallest absolute Gasteiger partial charge is 0.335 e. The summed E-state index contributed by atoms with van der Waals surface area (Å²) in [7, 11) is 0. The molecule has 2 aromatic rings. The van der Waals surface area contributed by atoms with Crippen LogP contribution in [-0.2, 0) is 4.79 Å². The Morgan fingerprint density at radius 3 is 2.71 bits per heavy atom. The SMILES string of the molecule is Cc1ccc(C)c(NC(=O)CN2C[C@@H](O)[C@H](Oc3cccc(C(=O)O)c3)C2)c1. The van der Waals surface area contributed by atoms with E-state index in [4.69, 9.17) is 9.84 Å². The van der Waals surface area contributed by atoms with E-state index in [2.05, 4.69) is 5.32 Å². The summed E-state index contributed by atoms with van der Waals surface area (Å²) in [5, 5.41) is 22.2. The van der Waals surface area contributed by atoms with Gasteiger partial charge >= 0.3 is 5.97 Å². The van der Waals surface area contributed by atoms with Crippen LogP contribution in [0.3, 0.4) is 0 Å². The molecule has 2 aromatic carbocycles. The molecule has 0 aromatic heterocycles. The summed E-state index contributed by atoms with van der Waals surface area (Å²) < 4.78 is 5.76. The first-order valence-corrected chi connectivity index (χ1v) is 9.09. The van der Waals surface area contributed by atoms with E-state index in [1.807, 2.05) is 36.9 Å². The van der Waals surface area contributed by atoms with Crippen LogP contribution < -0.4 is 10.1 Å². The third-order valence-corrected chi connectivity index (χ3v) is 4.72. The summed E-state index contributed by atoms with van der Waals surface area (Å²) in [5.41, 5.74) is 2.95. The molecule has 1 aliphatic heterocycles. The standard InChI is InChI=1S/C21H24N2O5/c1-13-6-7-14(2)17(8-13)22-20(25)12-23-10-18(24)19(11-23)28-16-5-3-4-15(9-16)21(26)27/h3-9,18-19,24H,10-12H2,1-2H3,(H,22,25)(H,26,27)/t18-,19-/m1/s1. The van der Waals surface area contributed by atoms with Crippen molar-refractivity contribution in [1.82, 2.24) is 4.90 Å². The fourth-order valence-corrected chi connectivity index (χ4v) is 3.22. The van der Waals surface area contributed by atoms with Gasteiger partial charge in [0.15, 0.2) is 0 Å². The number of aliphatic hydroxyl groups excluding tert-OH is 1. The number of hydrogen-bond donors (Lipinski definition) is 3. The molecule has 148 valence electrons. The molecular weight excluding hydrogens is 360 g/mol. The summed E-state index contributed by atoms with van der Waals surface area (Å²) in [6.07, 6.45) is -1.29. The van der Waals surface area contributed by atoms with Gasteiger partial charge in [0.1, 0.15) is 18.0 Å². The second-order valence-electron chi connectivity index (χ2n) is 7.12. The molecule has 3 N–H and O–H groups in total. The van der Waals surface area contributed by atoms with Crippen LogP contribution in [0.2, 0.25) is 0 Å². The van der Waals surface area contributed by atoms with E-state index in [9.17, 15) is 14.7 Å². The maximum Gasteiger partial charge on any atom is 0.335 e. The van der Waals surface area contributed by atoms with Gasteiger partial charge in [-0.2, -0.15) is 0 Å². The van der Waals surface area contributed by atoms with E-state index in [1.54, 1.807) is 12.1 Å². The summed E-state index contributed by atoms with van der Waals surface area (Å²) in [5.74, 6) is -0.817. The van der Waals surface area contributed by atoms with Crippen molar-refractivity contribution in [3.8, 4) is 5.75 Å². The number of nitrogens with one attached hydrogen (secondary N) is 1. The highest BCUT2D eigenvalue weighted by atomic mass is 16.5. The number of carbonyl (C=O) groups is 2. The Morgan fingerprint density at radius 1 is 1.18 bits per heavy atom. The molecule has 1 fully saturated rings. The van der Waals surface area contributed by atoms with Gasteiger partial charge in [-0.3, -0.25) is 9.69 Å². The number of β-amino-alcohol motifs (C(OH)–C–C–N with tert-alkyl or cyclic N) is 1. The van der Waals surface area contributed by atoms with Gasteiger partial charge in [0, 0.05) is 18.8 Å². The number of hydrogen-bond acceptors (Lipinski definition) is 5. The first kappa shape index (κ1) is 19.9. The van der Waals surface area contributed by atoms with Crippen LogP contribution in [-0.4, -0.2) is 58.8 Å². The summed E-state index contributed by atoms with van der Waals surface area (Å²) in [4.78, 5) is 25.3. The minimum absolute atomic E-state index is 0.120. The topological polar surface area (TPSA) is 99.1 Å². The second-order valence-corrected chi connectivity index (χ2v) is 7.12. The van der Waals surface area contributed by atoms with Crippen molar-refractivity contribution in [3.63, 3.8) is 0 Å². The number of aromatic carboxylic acids is 1. The van der Waals surface area contributed by atoms with Crippen LogP contribution in [0.4, 0.5) is 5.69 Å². The molecule has 7 heteroatoms. The lowest BCUT2D eigenvalue weighted by atomic mass is 10.1. The van der Waals surface area contributed by atoms with Crippen LogP contribution in [0.1, 0.15) is 21.5 Å². The van der Waals surface area contributed by atoms with E-state index < -0.39 is 18.2 Å². The Balaban J connectivity index is 1.57. The van der Waals surface area contributed by atoms with Gasteiger partial charge in [0.25, 0.3) is 0 Å². The minimum atomic E-state index is -1.04. The van der Waals surface area contributed by atoms with Crippen LogP contribution >= 0.6 is 0 Å². The number of carboxylic acids is 1. The number of rotatable bonds is 6. The quantitative estimate of drug-likeness (QED) is 0.705. The normalized spacial score (nSPS) is 19.4. The monoisotopic (exact) mass is 384 g/mol. The van der Waals surface area contributed by atoms with Gasteiger partial charge < -0.3 is 20.3 Å². The highest BCUT2D eigenvalue weighted by Gasteiger charge is 2.34. The number of nitrogens with zero attached hydrogens (tertiary/aromatic N) is 1. The number of benzene rings is 2. The lowest BCUT2D eigenvalue weighted by Crippen LogP contribution is -2.33. The van der Waals surface area contributed by atoms with Crippen molar-refractivity contribution in [2.45, 2.75) is 26.1 Å². The highest BCUT2D eigenvalue weighted by molar-refractivity contribution is 5.93. The number of aliphatic hydroxyl groups is 1. The zero-order valence-corrected chi connectivity index (χ0v) is 15.9. The van der Waals surface area contributed by atoms with E-state index in [0.717, 1.165) is 16.8 Å². The first-order chi connectivity index (χ1) is 13.3. The van der Waals surface area contributed by atoms with E-state index in [1.165, 1.54) is 12.1 Å². The molecule has 0 aliphatic carbocycles. The number of likely N-dealkylation sites (tertiary alicyclic amines) is 1. The molecule has 1 saturated heterocycles. The zero-order valence-electron chi connectivity index (χ0n) is 15.9. The molecule has 0 saturated carbocycles. The summed E-state index contributed by atoms with van der Waals surface area (Å²) in [6.45, 7) is 4.72. The molecule has 7 nitrogen and oxygen atoms in total. The summed E-state index contributed by atoms with van der Waals surface area (Å²) >= 11 is 0. The summed E-state index contributed by atoms with van der Waals surface area (Å²) in [6, 6.07) is 12.0. The van der Waals surface area contributed by atoms with Gasteiger partial charge in [-0.15, -0.1) is 0 Å². The Hall–Kier alpha value is -2.90. The van der Waals surface area contributed by atoms with Gasteiger partial charge in [-0.05, 0) is 49.2 Å². The molecule has 0 unspecified atom stereocenters. The van der Waals surface area contributed by atoms with Crippen LogP contribution in [0.15, 0.2) is 42.5 Å². The molecule has 3 rings (SSSR count). The van der Waals surface area contributed by atoms with Gasteiger partial charge in [0.2, 0.25) is 5.91 Å². The third-order valence-electron chi connectivity index (χ3n) is 4.72. The van der Waals surface area contributed by atoms with Crippen molar-refractivity contribution >= 4 is 17.6 Å². The van der Waals surface area contributed by atoms with Crippen LogP contribution in [0.25, 0.3) is 0 Å². The van der Waals surface area contributed by atoms with Gasteiger partial charge in [-0.25, -0.2) is 4.79 Å². The second kappa shape index (κ2) is 8.41. The number of ether oxygens (including phenoxy) is 1. The maximum absolute atomic E-state index is 12.4. The lowest BCUT2D eigenvalue weighted by molar-refractivity contribution is -0.117. The minimum Gasteiger partial charge on any atom is -0.486 e. The number of aryl methyl sites for hydroxylation is 2. The lowest BCUT2D eigenvalue weighted by Gasteiger charge is -2.17. The highest BCUT2D eigenvalue weighted by Crippen LogP contribution is 2.21. The van der Waals surface area contributed by atoms with E-state index in [-0.39, 0.29) is 18.0 Å². The number of amides is 1. The average Bonchev–Trinajstić information content (AvgIpc) is 2.97. The molecule has 2 atom stereocenters. The predicted molar refractivity (Wildman–Crippen MR) is 105 cm³/mol. The molecule has 1 aliphatic rings. The van der Waals surface area contributed by atoms with E-state index in [0.29, 0.717) is 18.8 Å². The molecule has 0 radical (unpaired) electrons. The largest absolute Gasteiger partial charge is 0.486 e. The first-order valence-electron chi connectivity index (χ1n) is 9.09. The van der Waals surface area contributed by atoms with E-state index >= 15 is 0 Å².